The zero-order valence-electron chi connectivity index (χ0n) is 9.76. The molecule has 0 radical (unpaired) electrons. The molecule has 102 valence electrons. The van der Waals surface area contributed by atoms with Crippen LogP contribution in [0.15, 0.2) is 0 Å². The first kappa shape index (κ1) is 16.1. The minimum Gasteiger partial charge on any atom is -0.479 e. The molecule has 2 unspecified atom stereocenters. The zero-order chi connectivity index (χ0) is 14.6. The number of nitrogens with one attached hydrogen (secondary N) is 2. The molecule has 0 aromatic rings. The predicted molar refractivity (Wildman–Crippen MR) is 56.7 cm³/mol. The van der Waals surface area contributed by atoms with E-state index in [-0.39, 0.29) is 0 Å². The molecule has 0 aromatic heterocycles. The highest BCUT2D eigenvalue weighted by Crippen LogP contribution is 2.30. The number of carboxylic acids is 1. The molecule has 0 fully saturated rings. The quantitative estimate of drug-likeness (QED) is 0.667. The van der Waals surface area contributed by atoms with Gasteiger partial charge in [0.15, 0.2) is 0 Å². The third-order valence-corrected chi connectivity index (χ3v) is 2.27. The van der Waals surface area contributed by atoms with E-state index in [0.29, 0.717) is 13.3 Å². The van der Waals surface area contributed by atoms with Crippen LogP contribution in [0.1, 0.15) is 20.3 Å². The van der Waals surface area contributed by atoms with Crippen LogP contribution in [0.25, 0.3) is 0 Å². The summed E-state index contributed by atoms with van der Waals surface area (Å²) < 4.78 is 37.7. The van der Waals surface area contributed by atoms with E-state index in [2.05, 4.69) is 5.92 Å². The second-order valence-electron chi connectivity index (χ2n) is 3.65. The van der Waals surface area contributed by atoms with Gasteiger partial charge in [-0.1, -0.05) is 12.8 Å². The zero-order valence-corrected chi connectivity index (χ0v) is 9.76. The van der Waals surface area contributed by atoms with Gasteiger partial charge < -0.3 is 15.7 Å². The van der Waals surface area contributed by atoms with E-state index in [1.807, 2.05) is 5.32 Å². The van der Waals surface area contributed by atoms with Crippen molar-refractivity contribution in [3.63, 3.8) is 0 Å². The van der Waals surface area contributed by atoms with Crippen molar-refractivity contribution >= 4 is 12.0 Å². The van der Waals surface area contributed by atoms with Gasteiger partial charge in [0.05, 0.1) is 6.04 Å². The average molecular weight is 266 g/mol. The van der Waals surface area contributed by atoms with Gasteiger partial charge in [0.25, 0.3) is 0 Å². The van der Waals surface area contributed by atoms with Crippen molar-refractivity contribution in [1.29, 1.82) is 0 Å². The van der Waals surface area contributed by atoms with Gasteiger partial charge in [-0.15, -0.1) is 6.42 Å². The highest BCUT2D eigenvalue weighted by molar-refractivity contribution is 5.87. The highest BCUT2D eigenvalue weighted by atomic mass is 19.4. The molecule has 0 saturated carbocycles. The number of hydrogen-bond donors (Lipinski definition) is 3. The summed E-state index contributed by atoms with van der Waals surface area (Å²) in [6.07, 6.45) is 0.184. The van der Waals surface area contributed by atoms with Gasteiger partial charge in [-0.3, -0.25) is 0 Å². The molecule has 0 saturated heterocycles. The molecule has 2 atom stereocenters. The van der Waals surface area contributed by atoms with Crippen molar-refractivity contribution in [3.8, 4) is 12.3 Å². The first-order valence-electron chi connectivity index (χ1n) is 4.93. The fraction of sp³-hybridized carbons (Fsp3) is 0.600. The molecule has 0 aliphatic rings. The fourth-order valence-corrected chi connectivity index (χ4v) is 0.929. The monoisotopic (exact) mass is 266 g/mol. The van der Waals surface area contributed by atoms with Crippen molar-refractivity contribution in [2.75, 3.05) is 0 Å². The normalized spacial score (nSPS) is 16.0. The Kier molecular flexibility index (Phi) is 5.02. The van der Waals surface area contributed by atoms with E-state index < -0.39 is 29.8 Å². The molecule has 0 aliphatic heterocycles. The Labute approximate surface area is 102 Å². The van der Waals surface area contributed by atoms with E-state index in [9.17, 15) is 22.8 Å². The molecule has 3 N–H and O–H groups in total. The van der Waals surface area contributed by atoms with Gasteiger partial charge in [-0.25, -0.2) is 9.59 Å². The van der Waals surface area contributed by atoms with Crippen molar-refractivity contribution < 1.29 is 27.9 Å². The maximum Gasteiger partial charge on any atom is 0.422 e. The number of aliphatic carboxylic acids is 1. The minimum atomic E-state index is -5.13. The number of amides is 2. The van der Waals surface area contributed by atoms with Gasteiger partial charge in [-0.05, 0) is 13.3 Å². The lowest BCUT2D eigenvalue weighted by atomic mass is 10.0. The van der Waals surface area contributed by atoms with Crippen LogP contribution >= 0.6 is 0 Å². The Morgan fingerprint density at radius 3 is 2.22 bits per heavy atom. The summed E-state index contributed by atoms with van der Waals surface area (Å²) in [6.45, 7) is 1.97. The number of alkyl halides is 3. The van der Waals surface area contributed by atoms with Gasteiger partial charge in [0.2, 0.25) is 5.54 Å². The van der Waals surface area contributed by atoms with E-state index in [4.69, 9.17) is 11.5 Å². The average Bonchev–Trinajstić information content (AvgIpc) is 2.23. The van der Waals surface area contributed by atoms with Gasteiger partial charge in [0.1, 0.15) is 0 Å². The Morgan fingerprint density at radius 1 is 1.44 bits per heavy atom. The number of urea groups is 1. The van der Waals surface area contributed by atoms with Gasteiger partial charge in [-0.2, -0.15) is 13.2 Å². The van der Waals surface area contributed by atoms with Crippen LogP contribution in [-0.4, -0.2) is 34.9 Å². The van der Waals surface area contributed by atoms with E-state index in [1.54, 1.807) is 6.92 Å². The Morgan fingerprint density at radius 2 is 1.94 bits per heavy atom. The number of carbonyl (C=O) groups is 2. The van der Waals surface area contributed by atoms with Crippen LogP contribution in [0.5, 0.6) is 0 Å². The summed E-state index contributed by atoms with van der Waals surface area (Å²) >= 11 is 0. The molecule has 8 heteroatoms. The van der Waals surface area contributed by atoms with Crippen molar-refractivity contribution in [2.24, 2.45) is 0 Å². The SMILES string of the molecule is C#CC(CC)NC(=O)NC(C)(C(=O)O)C(F)(F)F. The molecule has 0 aliphatic carbocycles. The number of halogens is 3. The molecule has 0 bridgehead atoms. The van der Waals surface area contributed by atoms with Crippen molar-refractivity contribution in [1.82, 2.24) is 10.6 Å². The standard InChI is InChI=1S/C10H13F3N2O3/c1-4-6(5-2)14-8(18)15-9(3,7(16)17)10(11,12)13/h1,6H,5H2,2-3H3,(H,16,17)(H2,14,15,18). The number of terminal acetylenes is 1. The molecule has 0 spiro atoms. The lowest BCUT2D eigenvalue weighted by Gasteiger charge is -2.29. The third-order valence-electron chi connectivity index (χ3n) is 2.27. The number of carbonyl (C=O) groups excluding carboxylic acids is 1. The largest absolute Gasteiger partial charge is 0.479 e. The Balaban J connectivity index is 4.89. The number of hydrogen-bond acceptors (Lipinski definition) is 2. The summed E-state index contributed by atoms with van der Waals surface area (Å²) in [7, 11) is 0. The lowest BCUT2D eigenvalue weighted by Crippen LogP contribution is -2.64. The minimum absolute atomic E-state index is 0.305. The first-order chi connectivity index (χ1) is 8.08. The maximum absolute atomic E-state index is 12.6. The van der Waals surface area contributed by atoms with Crippen LogP contribution in [0.2, 0.25) is 0 Å². The summed E-state index contributed by atoms with van der Waals surface area (Å²) in [6, 6.07) is -2.06. The number of carboxylic acid groups (broad SMARTS) is 1. The summed E-state index contributed by atoms with van der Waals surface area (Å²) in [5.41, 5.74) is -3.37. The third kappa shape index (κ3) is 3.55. The molecule has 18 heavy (non-hydrogen) atoms. The first-order valence-corrected chi connectivity index (χ1v) is 4.93. The molecule has 2 amide bonds. The van der Waals surface area contributed by atoms with Crippen LogP contribution in [-0.2, 0) is 4.79 Å². The van der Waals surface area contributed by atoms with Gasteiger partial charge >= 0.3 is 18.2 Å². The van der Waals surface area contributed by atoms with E-state index in [1.165, 1.54) is 5.32 Å². The molecular formula is C10H13F3N2O3. The van der Waals surface area contributed by atoms with Crippen LogP contribution in [0, 0.1) is 12.3 Å². The fourth-order valence-electron chi connectivity index (χ4n) is 0.929. The summed E-state index contributed by atoms with van der Waals surface area (Å²) in [5, 5.41) is 12.0. The van der Waals surface area contributed by atoms with Crippen molar-refractivity contribution in [3.05, 3.63) is 0 Å². The van der Waals surface area contributed by atoms with Crippen LogP contribution < -0.4 is 10.6 Å². The molecule has 0 aromatic carbocycles. The molecule has 0 rings (SSSR count). The van der Waals surface area contributed by atoms with E-state index >= 15 is 0 Å². The van der Waals surface area contributed by atoms with Crippen LogP contribution in [0.3, 0.4) is 0 Å². The molecular weight excluding hydrogens is 253 g/mol. The summed E-state index contributed by atoms with van der Waals surface area (Å²) in [4.78, 5) is 21.9. The molecule has 0 heterocycles. The Bertz CT molecular complexity index is 376. The van der Waals surface area contributed by atoms with Crippen molar-refractivity contribution in [2.45, 2.75) is 38.0 Å². The topological polar surface area (TPSA) is 78.4 Å². The highest BCUT2D eigenvalue weighted by Gasteiger charge is 2.58. The second kappa shape index (κ2) is 5.62. The summed E-state index contributed by atoms with van der Waals surface area (Å²) in [5.74, 6) is -0.0736. The Hall–Kier alpha value is -1.91. The smallest absolute Gasteiger partial charge is 0.422 e. The second-order valence-corrected chi connectivity index (χ2v) is 3.65. The van der Waals surface area contributed by atoms with E-state index in [0.717, 1.165) is 0 Å². The molecule has 5 nitrogen and oxygen atoms in total. The van der Waals surface area contributed by atoms with Gasteiger partial charge in [0, 0.05) is 0 Å². The predicted octanol–water partition coefficient (Wildman–Crippen LogP) is 1.10. The number of rotatable bonds is 4. The maximum atomic E-state index is 12.6. The lowest BCUT2D eigenvalue weighted by molar-refractivity contribution is -0.203. The van der Waals surface area contributed by atoms with Crippen LogP contribution in [0.4, 0.5) is 18.0 Å².